The first-order valence-corrected chi connectivity index (χ1v) is 8.28. The van der Waals surface area contributed by atoms with E-state index in [2.05, 4.69) is 22.2 Å². The highest BCUT2D eigenvalue weighted by Crippen LogP contribution is 2.23. The minimum atomic E-state index is -0.305. The lowest BCUT2D eigenvalue weighted by atomic mass is 9.96. The molecule has 1 aliphatic rings. The summed E-state index contributed by atoms with van der Waals surface area (Å²) in [5.74, 6) is 5.70. The summed E-state index contributed by atoms with van der Waals surface area (Å²) in [6.07, 6.45) is 6.54. The molecular weight excluding hydrogens is 272 g/mol. The maximum Gasteiger partial charge on any atom is 0.294 e. The fourth-order valence-electron chi connectivity index (χ4n) is 2.85. The molecule has 2 rings (SSSR count). The SMILES string of the molecule is CCCC1CCCN(Cc2csc(C(=O)NN)n2)CC1. The van der Waals surface area contributed by atoms with E-state index in [1.54, 1.807) is 0 Å². The summed E-state index contributed by atoms with van der Waals surface area (Å²) in [7, 11) is 0. The maximum atomic E-state index is 11.4. The van der Waals surface area contributed by atoms with Gasteiger partial charge >= 0.3 is 0 Å². The summed E-state index contributed by atoms with van der Waals surface area (Å²) in [4.78, 5) is 18.2. The summed E-state index contributed by atoms with van der Waals surface area (Å²) in [6.45, 7) is 5.38. The van der Waals surface area contributed by atoms with Crippen LogP contribution in [-0.4, -0.2) is 28.9 Å². The van der Waals surface area contributed by atoms with Gasteiger partial charge in [-0.2, -0.15) is 0 Å². The largest absolute Gasteiger partial charge is 0.297 e. The van der Waals surface area contributed by atoms with Gasteiger partial charge in [0, 0.05) is 11.9 Å². The second-order valence-electron chi connectivity index (χ2n) is 5.48. The Bertz CT molecular complexity index is 435. The van der Waals surface area contributed by atoms with Crippen LogP contribution < -0.4 is 11.3 Å². The molecule has 0 spiro atoms. The topological polar surface area (TPSA) is 71.2 Å². The number of nitrogens with one attached hydrogen (secondary N) is 1. The zero-order chi connectivity index (χ0) is 14.4. The van der Waals surface area contributed by atoms with Crippen molar-refractivity contribution in [3.05, 3.63) is 16.1 Å². The molecule has 112 valence electrons. The lowest BCUT2D eigenvalue weighted by Crippen LogP contribution is -2.30. The van der Waals surface area contributed by atoms with Crippen LogP contribution in [0.1, 0.15) is 54.5 Å². The van der Waals surface area contributed by atoms with E-state index in [1.165, 1.54) is 43.4 Å². The van der Waals surface area contributed by atoms with E-state index < -0.39 is 0 Å². The Morgan fingerprint density at radius 2 is 2.40 bits per heavy atom. The minimum Gasteiger partial charge on any atom is -0.297 e. The Balaban J connectivity index is 1.87. The van der Waals surface area contributed by atoms with Gasteiger partial charge in [-0.25, -0.2) is 10.8 Å². The molecule has 3 N–H and O–H groups in total. The third-order valence-electron chi connectivity index (χ3n) is 3.90. The fraction of sp³-hybridized carbons (Fsp3) is 0.714. The molecule has 0 bridgehead atoms. The molecule has 1 amide bonds. The number of nitrogens with zero attached hydrogens (tertiary/aromatic N) is 2. The first kappa shape index (κ1) is 15.4. The van der Waals surface area contributed by atoms with Crippen molar-refractivity contribution < 1.29 is 4.79 Å². The molecule has 1 saturated heterocycles. The van der Waals surface area contributed by atoms with Crippen molar-refractivity contribution in [3.8, 4) is 0 Å². The number of aromatic nitrogens is 1. The number of hydrazine groups is 1. The van der Waals surface area contributed by atoms with Crippen molar-refractivity contribution in [1.29, 1.82) is 0 Å². The van der Waals surface area contributed by atoms with Gasteiger partial charge in [0.25, 0.3) is 5.91 Å². The van der Waals surface area contributed by atoms with Crippen LogP contribution in [0.3, 0.4) is 0 Å². The Labute approximate surface area is 124 Å². The number of nitrogens with two attached hydrogens (primary N) is 1. The Morgan fingerprint density at radius 1 is 1.55 bits per heavy atom. The van der Waals surface area contributed by atoms with E-state index in [0.717, 1.165) is 31.2 Å². The van der Waals surface area contributed by atoms with Crippen molar-refractivity contribution in [2.24, 2.45) is 11.8 Å². The molecule has 1 atom stereocenters. The standard InChI is InChI=1S/C14H24N4OS/c1-2-4-11-5-3-7-18(8-6-11)9-12-10-20-14(16-12)13(19)17-15/h10-11H,2-9,15H2,1H3,(H,17,19). The molecule has 6 heteroatoms. The van der Waals surface area contributed by atoms with Crippen LogP contribution in [0, 0.1) is 5.92 Å². The third-order valence-corrected chi connectivity index (χ3v) is 4.79. The second kappa shape index (κ2) is 7.71. The molecule has 1 fully saturated rings. The van der Waals surface area contributed by atoms with Gasteiger partial charge in [-0.1, -0.05) is 19.8 Å². The average molecular weight is 296 g/mol. The first-order valence-electron chi connectivity index (χ1n) is 7.40. The Morgan fingerprint density at radius 3 is 3.15 bits per heavy atom. The number of amides is 1. The average Bonchev–Trinajstić information content (AvgIpc) is 2.80. The molecule has 1 aliphatic heterocycles. The summed E-state index contributed by atoms with van der Waals surface area (Å²) >= 11 is 1.35. The highest BCUT2D eigenvalue weighted by molar-refractivity contribution is 7.11. The van der Waals surface area contributed by atoms with Crippen LogP contribution in [0.5, 0.6) is 0 Å². The molecule has 1 aromatic heterocycles. The molecule has 5 nitrogen and oxygen atoms in total. The van der Waals surface area contributed by atoms with Gasteiger partial charge < -0.3 is 0 Å². The molecule has 0 aliphatic carbocycles. The van der Waals surface area contributed by atoms with Gasteiger partial charge in [-0.05, 0) is 38.3 Å². The van der Waals surface area contributed by atoms with Gasteiger partial charge in [0.2, 0.25) is 0 Å². The normalized spacial score (nSPS) is 20.6. The summed E-state index contributed by atoms with van der Waals surface area (Å²) in [5.41, 5.74) is 3.10. The quantitative estimate of drug-likeness (QED) is 0.496. The van der Waals surface area contributed by atoms with Crippen molar-refractivity contribution in [1.82, 2.24) is 15.3 Å². The summed E-state index contributed by atoms with van der Waals surface area (Å²) in [6, 6.07) is 0. The molecular formula is C14H24N4OS. The van der Waals surface area contributed by atoms with Crippen LogP contribution in [0.4, 0.5) is 0 Å². The monoisotopic (exact) mass is 296 g/mol. The highest BCUT2D eigenvalue weighted by atomic mass is 32.1. The minimum absolute atomic E-state index is 0.305. The predicted octanol–water partition coefficient (Wildman–Crippen LogP) is 2.15. The van der Waals surface area contributed by atoms with E-state index in [9.17, 15) is 4.79 Å². The van der Waals surface area contributed by atoms with E-state index >= 15 is 0 Å². The summed E-state index contributed by atoms with van der Waals surface area (Å²) < 4.78 is 0. The molecule has 0 saturated carbocycles. The molecule has 2 heterocycles. The van der Waals surface area contributed by atoms with E-state index in [4.69, 9.17) is 5.84 Å². The number of likely N-dealkylation sites (tertiary alicyclic amines) is 1. The van der Waals surface area contributed by atoms with Gasteiger partial charge in [0.05, 0.1) is 5.69 Å². The number of hydrogen-bond donors (Lipinski definition) is 2. The van der Waals surface area contributed by atoms with Gasteiger partial charge in [0.1, 0.15) is 0 Å². The lowest BCUT2D eigenvalue weighted by Gasteiger charge is -2.18. The number of hydrogen-bond acceptors (Lipinski definition) is 5. The van der Waals surface area contributed by atoms with E-state index in [0.29, 0.717) is 5.01 Å². The van der Waals surface area contributed by atoms with Gasteiger partial charge in [-0.15, -0.1) is 11.3 Å². The first-order chi connectivity index (χ1) is 9.72. The number of nitrogen functional groups attached to an aromatic ring is 1. The number of thiazole rings is 1. The lowest BCUT2D eigenvalue weighted by molar-refractivity contribution is 0.0953. The zero-order valence-corrected chi connectivity index (χ0v) is 12.9. The van der Waals surface area contributed by atoms with Gasteiger partial charge in [-0.3, -0.25) is 15.1 Å². The zero-order valence-electron chi connectivity index (χ0n) is 12.1. The molecule has 1 aromatic rings. The summed E-state index contributed by atoms with van der Waals surface area (Å²) in [5, 5.41) is 2.40. The molecule has 20 heavy (non-hydrogen) atoms. The van der Waals surface area contributed by atoms with E-state index in [1.807, 2.05) is 5.38 Å². The Kier molecular flexibility index (Phi) is 5.94. The maximum absolute atomic E-state index is 11.4. The van der Waals surface area contributed by atoms with Crippen molar-refractivity contribution in [2.75, 3.05) is 13.1 Å². The molecule has 0 aromatic carbocycles. The van der Waals surface area contributed by atoms with E-state index in [-0.39, 0.29) is 5.91 Å². The molecule has 0 radical (unpaired) electrons. The highest BCUT2D eigenvalue weighted by Gasteiger charge is 2.18. The van der Waals surface area contributed by atoms with Crippen LogP contribution in [-0.2, 0) is 6.54 Å². The Hall–Kier alpha value is -0.980. The second-order valence-corrected chi connectivity index (χ2v) is 6.34. The molecule has 1 unspecified atom stereocenters. The van der Waals surface area contributed by atoms with Crippen LogP contribution >= 0.6 is 11.3 Å². The van der Waals surface area contributed by atoms with Crippen LogP contribution in [0.15, 0.2) is 5.38 Å². The van der Waals surface area contributed by atoms with Crippen molar-refractivity contribution in [2.45, 2.75) is 45.6 Å². The van der Waals surface area contributed by atoms with Crippen LogP contribution in [0.25, 0.3) is 0 Å². The van der Waals surface area contributed by atoms with Gasteiger partial charge in [0.15, 0.2) is 5.01 Å². The predicted molar refractivity (Wildman–Crippen MR) is 81.3 cm³/mol. The number of carbonyl (C=O) groups excluding carboxylic acids is 1. The van der Waals surface area contributed by atoms with Crippen molar-refractivity contribution in [3.63, 3.8) is 0 Å². The number of carbonyl (C=O) groups is 1. The van der Waals surface area contributed by atoms with Crippen LogP contribution in [0.2, 0.25) is 0 Å². The third kappa shape index (κ3) is 4.26. The van der Waals surface area contributed by atoms with Crippen molar-refractivity contribution >= 4 is 17.2 Å². The smallest absolute Gasteiger partial charge is 0.294 e. The fourth-order valence-corrected chi connectivity index (χ4v) is 3.57. The number of rotatable bonds is 5.